The van der Waals surface area contributed by atoms with Crippen molar-refractivity contribution in [2.75, 3.05) is 13.2 Å². The average molecular weight is 240 g/mol. The summed E-state index contributed by atoms with van der Waals surface area (Å²) in [6.45, 7) is 5.93. The predicted octanol–water partition coefficient (Wildman–Crippen LogP) is 0.970. The average Bonchev–Trinajstić information content (AvgIpc) is 2.87. The molecule has 0 radical (unpaired) electrons. The summed E-state index contributed by atoms with van der Waals surface area (Å²) in [5, 5.41) is 0. The van der Waals surface area contributed by atoms with Gasteiger partial charge in [0.15, 0.2) is 5.60 Å². The third kappa shape index (κ3) is 2.34. The van der Waals surface area contributed by atoms with Crippen LogP contribution in [0.15, 0.2) is 12.2 Å². The Labute approximate surface area is 99.7 Å². The smallest absolute Gasteiger partial charge is 0.333 e. The van der Waals surface area contributed by atoms with E-state index in [9.17, 15) is 9.59 Å². The molecule has 0 N–H and O–H groups in total. The Morgan fingerprint density at radius 2 is 2.35 bits per heavy atom. The van der Waals surface area contributed by atoms with Gasteiger partial charge in [-0.25, -0.2) is 4.79 Å². The van der Waals surface area contributed by atoms with Gasteiger partial charge in [0.1, 0.15) is 6.10 Å². The highest BCUT2D eigenvalue weighted by molar-refractivity contribution is 5.87. The van der Waals surface area contributed by atoms with E-state index in [0.29, 0.717) is 31.4 Å². The van der Waals surface area contributed by atoms with Crippen LogP contribution in [-0.4, -0.2) is 36.9 Å². The van der Waals surface area contributed by atoms with E-state index in [1.807, 2.05) is 0 Å². The summed E-state index contributed by atoms with van der Waals surface area (Å²) in [6, 6.07) is 0. The summed E-state index contributed by atoms with van der Waals surface area (Å²) in [5.41, 5.74) is -0.483. The lowest BCUT2D eigenvalue weighted by molar-refractivity contribution is -0.175. The van der Waals surface area contributed by atoms with Crippen molar-refractivity contribution in [3.05, 3.63) is 12.2 Å². The molecule has 0 spiro atoms. The molecule has 0 aromatic rings. The monoisotopic (exact) mass is 240 g/mol. The fourth-order valence-electron chi connectivity index (χ4n) is 2.13. The van der Waals surface area contributed by atoms with Crippen molar-refractivity contribution in [3.8, 4) is 0 Å². The van der Waals surface area contributed by atoms with Gasteiger partial charge < -0.3 is 14.2 Å². The molecule has 2 fully saturated rings. The topological polar surface area (TPSA) is 61.8 Å². The minimum atomic E-state index is -0.817. The van der Waals surface area contributed by atoms with Crippen molar-refractivity contribution in [2.24, 2.45) is 0 Å². The highest BCUT2D eigenvalue weighted by atomic mass is 16.6. The lowest BCUT2D eigenvalue weighted by atomic mass is 9.93. The number of hydrogen-bond donors (Lipinski definition) is 0. The van der Waals surface area contributed by atoms with Crippen molar-refractivity contribution in [1.82, 2.24) is 0 Å². The molecule has 0 aromatic heterocycles. The van der Waals surface area contributed by atoms with Gasteiger partial charge in [0.2, 0.25) is 0 Å². The number of hydrogen-bond acceptors (Lipinski definition) is 5. The molecule has 2 saturated heterocycles. The van der Waals surface area contributed by atoms with Crippen LogP contribution in [0.25, 0.3) is 0 Å². The van der Waals surface area contributed by atoms with Crippen molar-refractivity contribution in [1.29, 1.82) is 0 Å². The quantitative estimate of drug-likeness (QED) is 0.543. The summed E-state index contributed by atoms with van der Waals surface area (Å²) in [6.07, 6.45) is 1.12. The van der Waals surface area contributed by atoms with Crippen molar-refractivity contribution < 1.29 is 23.8 Å². The van der Waals surface area contributed by atoms with Crippen LogP contribution in [0.1, 0.15) is 26.2 Å². The minimum absolute atomic E-state index is 0.243. The molecule has 5 nitrogen and oxygen atoms in total. The molecular weight excluding hydrogens is 224 g/mol. The molecule has 2 aliphatic heterocycles. The van der Waals surface area contributed by atoms with Crippen LogP contribution in [0.3, 0.4) is 0 Å². The van der Waals surface area contributed by atoms with Gasteiger partial charge >= 0.3 is 11.9 Å². The first kappa shape index (κ1) is 12.1. The van der Waals surface area contributed by atoms with E-state index >= 15 is 0 Å². The van der Waals surface area contributed by atoms with Crippen molar-refractivity contribution in [3.63, 3.8) is 0 Å². The largest absolute Gasteiger partial charge is 0.458 e. The van der Waals surface area contributed by atoms with E-state index in [1.54, 1.807) is 6.92 Å². The summed E-state index contributed by atoms with van der Waals surface area (Å²) < 4.78 is 15.9. The zero-order valence-corrected chi connectivity index (χ0v) is 9.86. The molecule has 0 bridgehead atoms. The first-order valence-electron chi connectivity index (χ1n) is 5.69. The Kier molecular flexibility index (Phi) is 3.19. The fraction of sp³-hybridized carbons (Fsp3) is 0.667. The second-order valence-corrected chi connectivity index (χ2v) is 4.55. The molecule has 5 heteroatoms. The Bertz CT molecular complexity index is 354. The maximum absolute atomic E-state index is 11.6. The van der Waals surface area contributed by atoms with Gasteiger partial charge in [0.05, 0.1) is 13.2 Å². The zero-order valence-electron chi connectivity index (χ0n) is 9.86. The SMILES string of the molecule is C=C(C)C(=O)OC1(C2CCC(=O)O2)CCOC1. The van der Waals surface area contributed by atoms with Crippen molar-refractivity contribution in [2.45, 2.75) is 37.9 Å². The van der Waals surface area contributed by atoms with Crippen LogP contribution in [0.4, 0.5) is 0 Å². The number of rotatable bonds is 3. The number of carbonyl (C=O) groups is 2. The van der Waals surface area contributed by atoms with E-state index in [1.165, 1.54) is 0 Å². The van der Waals surface area contributed by atoms with Crippen LogP contribution in [0, 0.1) is 0 Å². The molecule has 0 saturated carbocycles. The molecule has 17 heavy (non-hydrogen) atoms. The summed E-state index contributed by atoms with van der Waals surface area (Å²) in [5.74, 6) is -0.703. The summed E-state index contributed by atoms with van der Waals surface area (Å²) in [7, 11) is 0. The van der Waals surface area contributed by atoms with Gasteiger partial charge in [0, 0.05) is 18.4 Å². The first-order chi connectivity index (χ1) is 8.03. The van der Waals surface area contributed by atoms with Gasteiger partial charge in [-0.2, -0.15) is 0 Å². The first-order valence-corrected chi connectivity index (χ1v) is 5.69. The number of ether oxygens (including phenoxy) is 3. The second-order valence-electron chi connectivity index (χ2n) is 4.55. The van der Waals surface area contributed by atoms with Crippen LogP contribution < -0.4 is 0 Å². The molecular formula is C12H16O5. The lowest BCUT2D eigenvalue weighted by Crippen LogP contribution is -2.47. The van der Waals surface area contributed by atoms with E-state index < -0.39 is 11.6 Å². The molecule has 2 unspecified atom stereocenters. The predicted molar refractivity (Wildman–Crippen MR) is 58.2 cm³/mol. The van der Waals surface area contributed by atoms with E-state index in [4.69, 9.17) is 14.2 Å². The number of cyclic esters (lactones) is 1. The fourth-order valence-corrected chi connectivity index (χ4v) is 2.13. The lowest BCUT2D eigenvalue weighted by Gasteiger charge is -2.32. The second kappa shape index (κ2) is 4.49. The molecule has 94 valence electrons. The Morgan fingerprint density at radius 1 is 1.59 bits per heavy atom. The molecule has 2 heterocycles. The Morgan fingerprint density at radius 3 is 2.82 bits per heavy atom. The molecule has 0 aliphatic carbocycles. The van der Waals surface area contributed by atoms with Gasteiger partial charge in [0.25, 0.3) is 0 Å². The van der Waals surface area contributed by atoms with E-state index in [2.05, 4.69) is 6.58 Å². The number of esters is 2. The van der Waals surface area contributed by atoms with Gasteiger partial charge in [-0.3, -0.25) is 4.79 Å². The molecule has 0 aromatic carbocycles. The summed E-state index contributed by atoms with van der Waals surface area (Å²) in [4.78, 5) is 22.8. The van der Waals surface area contributed by atoms with Crippen LogP contribution in [0.2, 0.25) is 0 Å². The molecule has 2 aliphatic rings. The Hall–Kier alpha value is -1.36. The standard InChI is InChI=1S/C12H16O5/c1-8(2)11(14)17-12(5-6-15-7-12)9-3-4-10(13)16-9/h9H,1,3-7H2,2H3. The van der Waals surface area contributed by atoms with Crippen molar-refractivity contribution >= 4 is 11.9 Å². The normalized spacial score (nSPS) is 32.3. The highest BCUT2D eigenvalue weighted by Crippen LogP contribution is 2.35. The highest BCUT2D eigenvalue weighted by Gasteiger charge is 2.50. The Balaban J connectivity index is 2.12. The third-order valence-corrected chi connectivity index (χ3v) is 3.13. The maximum atomic E-state index is 11.6. The maximum Gasteiger partial charge on any atom is 0.333 e. The third-order valence-electron chi connectivity index (χ3n) is 3.13. The van der Waals surface area contributed by atoms with Crippen LogP contribution in [0.5, 0.6) is 0 Å². The van der Waals surface area contributed by atoms with Crippen LogP contribution in [-0.2, 0) is 23.8 Å². The van der Waals surface area contributed by atoms with Crippen LogP contribution >= 0.6 is 0 Å². The molecule has 0 amide bonds. The zero-order chi connectivity index (χ0) is 12.5. The minimum Gasteiger partial charge on any atom is -0.458 e. The summed E-state index contributed by atoms with van der Waals surface area (Å²) >= 11 is 0. The van der Waals surface area contributed by atoms with E-state index in [0.717, 1.165) is 0 Å². The number of carbonyl (C=O) groups excluding carboxylic acids is 2. The molecule has 2 rings (SSSR count). The molecule has 2 atom stereocenters. The van der Waals surface area contributed by atoms with Gasteiger partial charge in [-0.05, 0) is 13.3 Å². The van der Waals surface area contributed by atoms with Gasteiger partial charge in [-0.1, -0.05) is 6.58 Å². The van der Waals surface area contributed by atoms with E-state index in [-0.39, 0.29) is 18.7 Å². The van der Waals surface area contributed by atoms with Gasteiger partial charge in [-0.15, -0.1) is 0 Å².